The van der Waals surface area contributed by atoms with Gasteiger partial charge in [0.25, 0.3) is 0 Å². The Morgan fingerprint density at radius 2 is 2.06 bits per heavy atom. The van der Waals surface area contributed by atoms with Crippen molar-refractivity contribution in [1.29, 1.82) is 0 Å². The van der Waals surface area contributed by atoms with E-state index in [2.05, 4.69) is 4.98 Å². The molecule has 1 saturated heterocycles. The average molecular weight is 248 g/mol. The van der Waals surface area contributed by atoms with E-state index in [0.717, 1.165) is 5.56 Å². The molecule has 18 heavy (non-hydrogen) atoms. The van der Waals surface area contributed by atoms with Gasteiger partial charge in [-0.15, -0.1) is 0 Å². The second-order valence-electron chi connectivity index (χ2n) is 5.32. The molecule has 1 atom stereocenters. The van der Waals surface area contributed by atoms with Crippen molar-refractivity contribution < 1.29 is 4.79 Å². The zero-order valence-electron chi connectivity index (χ0n) is 11.1. The van der Waals surface area contributed by atoms with E-state index in [1.54, 1.807) is 17.3 Å². The second-order valence-corrected chi connectivity index (χ2v) is 5.32. The van der Waals surface area contributed by atoms with Gasteiger partial charge in [0.15, 0.2) is 0 Å². The maximum atomic E-state index is 12.3. The lowest BCUT2D eigenvalue weighted by Gasteiger charge is -2.33. The molecule has 1 unspecified atom stereocenters. The normalized spacial score (nSPS) is 20.7. The van der Waals surface area contributed by atoms with Gasteiger partial charge in [-0.1, -0.05) is 0 Å². The SMILES string of the molecule is CN1C(=O)N(C(C)(C)CN)CC1c1ccncc1. The summed E-state index contributed by atoms with van der Waals surface area (Å²) < 4.78 is 0. The number of aromatic nitrogens is 1. The van der Waals surface area contributed by atoms with E-state index in [-0.39, 0.29) is 17.6 Å². The third-order valence-corrected chi connectivity index (χ3v) is 3.68. The van der Waals surface area contributed by atoms with Crippen LogP contribution in [0, 0.1) is 0 Å². The maximum Gasteiger partial charge on any atom is 0.320 e. The van der Waals surface area contributed by atoms with Gasteiger partial charge in [0.1, 0.15) is 0 Å². The first-order valence-corrected chi connectivity index (χ1v) is 6.12. The lowest BCUT2D eigenvalue weighted by atomic mass is 10.0. The number of rotatable bonds is 3. The summed E-state index contributed by atoms with van der Waals surface area (Å²) >= 11 is 0. The third kappa shape index (κ3) is 2.06. The van der Waals surface area contributed by atoms with E-state index < -0.39 is 0 Å². The maximum absolute atomic E-state index is 12.3. The predicted octanol–water partition coefficient (Wildman–Crippen LogP) is 1.23. The van der Waals surface area contributed by atoms with Crippen LogP contribution in [0.5, 0.6) is 0 Å². The zero-order valence-corrected chi connectivity index (χ0v) is 11.1. The summed E-state index contributed by atoms with van der Waals surface area (Å²) in [6, 6.07) is 4.01. The molecular formula is C13H20N4O. The summed E-state index contributed by atoms with van der Waals surface area (Å²) in [7, 11) is 1.83. The fourth-order valence-corrected chi connectivity index (χ4v) is 2.23. The van der Waals surface area contributed by atoms with E-state index in [9.17, 15) is 4.79 Å². The summed E-state index contributed by atoms with van der Waals surface area (Å²) in [5, 5.41) is 0. The molecule has 2 N–H and O–H groups in total. The van der Waals surface area contributed by atoms with Gasteiger partial charge in [-0.3, -0.25) is 4.98 Å². The average Bonchev–Trinajstić information content (AvgIpc) is 2.68. The number of urea groups is 1. The minimum absolute atomic E-state index is 0.0345. The van der Waals surface area contributed by atoms with Crippen LogP contribution >= 0.6 is 0 Å². The van der Waals surface area contributed by atoms with E-state index in [0.29, 0.717) is 13.1 Å². The van der Waals surface area contributed by atoms with Gasteiger partial charge >= 0.3 is 6.03 Å². The standard InChI is InChI=1S/C13H20N4O/c1-13(2,9-14)17-8-11(16(3)12(17)18)10-4-6-15-7-5-10/h4-7,11H,8-9,14H2,1-3H3. The second kappa shape index (κ2) is 4.57. The number of hydrogen-bond acceptors (Lipinski definition) is 3. The molecule has 0 saturated carbocycles. The summed E-state index contributed by atoms with van der Waals surface area (Å²) in [5.41, 5.74) is 6.55. The molecule has 1 fully saturated rings. The molecule has 0 aliphatic carbocycles. The van der Waals surface area contributed by atoms with E-state index in [1.165, 1.54) is 0 Å². The molecule has 1 aromatic heterocycles. The lowest BCUT2D eigenvalue weighted by molar-refractivity contribution is 0.154. The van der Waals surface area contributed by atoms with Crippen LogP contribution in [-0.2, 0) is 0 Å². The molecule has 1 aliphatic heterocycles. The van der Waals surface area contributed by atoms with Gasteiger partial charge < -0.3 is 15.5 Å². The first kappa shape index (κ1) is 12.8. The van der Waals surface area contributed by atoms with E-state index in [1.807, 2.05) is 37.9 Å². The Kier molecular flexibility index (Phi) is 3.26. The summed E-state index contributed by atoms with van der Waals surface area (Å²) in [4.78, 5) is 19.9. The minimum atomic E-state index is -0.312. The Hall–Kier alpha value is -1.62. The molecular weight excluding hydrogens is 228 g/mol. The van der Waals surface area contributed by atoms with Crippen molar-refractivity contribution in [2.45, 2.75) is 25.4 Å². The number of amides is 2. The molecule has 1 aliphatic rings. The Morgan fingerprint density at radius 3 is 2.61 bits per heavy atom. The Bertz CT molecular complexity index is 432. The minimum Gasteiger partial charge on any atom is -0.328 e. The first-order chi connectivity index (χ1) is 8.47. The van der Waals surface area contributed by atoms with Gasteiger partial charge in [0.2, 0.25) is 0 Å². The Labute approximate surface area is 108 Å². The fourth-order valence-electron chi connectivity index (χ4n) is 2.23. The number of pyridine rings is 1. The van der Waals surface area contributed by atoms with Crippen LogP contribution in [0.25, 0.3) is 0 Å². The molecule has 2 rings (SSSR count). The van der Waals surface area contributed by atoms with Crippen molar-refractivity contribution >= 4 is 6.03 Å². The van der Waals surface area contributed by atoms with Crippen molar-refractivity contribution in [3.63, 3.8) is 0 Å². The van der Waals surface area contributed by atoms with Gasteiger partial charge in [-0.05, 0) is 31.5 Å². The highest BCUT2D eigenvalue weighted by molar-refractivity contribution is 5.78. The van der Waals surface area contributed by atoms with Crippen LogP contribution in [0.4, 0.5) is 4.79 Å². The molecule has 2 heterocycles. The lowest BCUT2D eigenvalue weighted by Crippen LogP contribution is -2.50. The number of carbonyl (C=O) groups excluding carboxylic acids is 1. The van der Waals surface area contributed by atoms with Gasteiger partial charge in [-0.25, -0.2) is 4.79 Å². The summed E-state index contributed by atoms with van der Waals surface area (Å²) in [6.07, 6.45) is 3.51. The van der Waals surface area contributed by atoms with E-state index in [4.69, 9.17) is 5.73 Å². The van der Waals surface area contributed by atoms with Crippen molar-refractivity contribution in [2.75, 3.05) is 20.1 Å². The van der Waals surface area contributed by atoms with Crippen LogP contribution in [0.1, 0.15) is 25.5 Å². The topological polar surface area (TPSA) is 62.5 Å². The number of nitrogens with zero attached hydrogens (tertiary/aromatic N) is 3. The predicted molar refractivity (Wildman–Crippen MR) is 70.0 cm³/mol. The number of hydrogen-bond donors (Lipinski definition) is 1. The van der Waals surface area contributed by atoms with Crippen LogP contribution in [0.2, 0.25) is 0 Å². The van der Waals surface area contributed by atoms with Crippen LogP contribution in [0.15, 0.2) is 24.5 Å². The molecule has 1 aromatic rings. The molecule has 2 amide bonds. The fraction of sp³-hybridized carbons (Fsp3) is 0.538. The molecule has 0 radical (unpaired) electrons. The van der Waals surface area contributed by atoms with E-state index >= 15 is 0 Å². The largest absolute Gasteiger partial charge is 0.328 e. The van der Waals surface area contributed by atoms with Crippen molar-refractivity contribution in [1.82, 2.24) is 14.8 Å². The zero-order chi connectivity index (χ0) is 13.3. The molecule has 98 valence electrons. The Balaban J connectivity index is 2.26. The highest BCUT2D eigenvalue weighted by atomic mass is 16.2. The summed E-state index contributed by atoms with van der Waals surface area (Å²) in [5.74, 6) is 0. The quantitative estimate of drug-likeness (QED) is 0.875. The van der Waals surface area contributed by atoms with Gasteiger partial charge in [-0.2, -0.15) is 0 Å². The van der Waals surface area contributed by atoms with Crippen LogP contribution < -0.4 is 5.73 Å². The van der Waals surface area contributed by atoms with Crippen molar-refractivity contribution in [3.8, 4) is 0 Å². The Morgan fingerprint density at radius 1 is 1.44 bits per heavy atom. The highest BCUT2D eigenvalue weighted by Crippen LogP contribution is 2.31. The van der Waals surface area contributed by atoms with Gasteiger partial charge in [0, 0.05) is 32.5 Å². The number of carbonyl (C=O) groups is 1. The third-order valence-electron chi connectivity index (χ3n) is 3.68. The van der Waals surface area contributed by atoms with Gasteiger partial charge in [0.05, 0.1) is 11.6 Å². The molecule has 0 spiro atoms. The number of nitrogens with two attached hydrogens (primary N) is 1. The molecule has 5 heteroatoms. The smallest absolute Gasteiger partial charge is 0.320 e. The van der Waals surface area contributed by atoms with Crippen molar-refractivity contribution in [3.05, 3.63) is 30.1 Å². The van der Waals surface area contributed by atoms with Crippen molar-refractivity contribution in [2.24, 2.45) is 5.73 Å². The van der Waals surface area contributed by atoms with Crippen LogP contribution in [-0.4, -0.2) is 46.5 Å². The molecule has 5 nitrogen and oxygen atoms in total. The first-order valence-electron chi connectivity index (χ1n) is 6.12. The number of likely N-dealkylation sites (N-methyl/N-ethyl adjacent to an activating group) is 1. The molecule has 0 aromatic carbocycles. The highest BCUT2D eigenvalue weighted by Gasteiger charge is 2.42. The summed E-state index contributed by atoms with van der Waals surface area (Å²) in [6.45, 7) is 5.11. The van der Waals surface area contributed by atoms with Crippen LogP contribution in [0.3, 0.4) is 0 Å². The monoisotopic (exact) mass is 248 g/mol. The molecule has 0 bridgehead atoms.